The van der Waals surface area contributed by atoms with Crippen LogP contribution in [0, 0.1) is 11.8 Å². The zero-order valence-corrected chi connectivity index (χ0v) is 19.1. The number of anilines is 1. The molecule has 1 aromatic heterocycles. The van der Waals surface area contributed by atoms with Gasteiger partial charge in [-0.15, -0.1) is 0 Å². The van der Waals surface area contributed by atoms with Gasteiger partial charge in [-0.1, -0.05) is 60.6 Å². The molecule has 1 aliphatic carbocycles. The number of hydrogen-bond acceptors (Lipinski definition) is 6. The zero-order valence-electron chi connectivity index (χ0n) is 19.1. The van der Waals surface area contributed by atoms with Crippen LogP contribution in [0.3, 0.4) is 0 Å². The van der Waals surface area contributed by atoms with Gasteiger partial charge in [0.15, 0.2) is 5.69 Å². The minimum absolute atomic E-state index is 0.0000893. The first kappa shape index (κ1) is 22.6. The fourth-order valence-corrected chi connectivity index (χ4v) is 5.02. The molecule has 2 aromatic carbocycles. The monoisotopic (exact) mass is 475 g/mol. The Hall–Kier alpha value is -4.14. The molecule has 35 heavy (non-hydrogen) atoms. The van der Waals surface area contributed by atoms with Gasteiger partial charge in [0.2, 0.25) is 5.88 Å². The summed E-state index contributed by atoms with van der Waals surface area (Å²) in [5, 5.41) is 15.3. The van der Waals surface area contributed by atoms with Crippen molar-refractivity contribution in [2.24, 2.45) is 11.8 Å². The molecule has 0 saturated carbocycles. The number of carboxylic acids is 1. The molecule has 0 unspecified atom stereocenters. The summed E-state index contributed by atoms with van der Waals surface area (Å²) >= 11 is 0. The molecule has 9 heteroatoms. The van der Waals surface area contributed by atoms with Crippen molar-refractivity contribution < 1.29 is 28.8 Å². The minimum Gasteiger partial charge on any atom is -0.481 e. The molecule has 2 heterocycles. The van der Waals surface area contributed by atoms with E-state index in [1.54, 1.807) is 4.90 Å². The predicted octanol–water partition coefficient (Wildman–Crippen LogP) is 4.22. The maximum atomic E-state index is 12.8. The molecule has 180 valence electrons. The van der Waals surface area contributed by atoms with Crippen LogP contribution in [0.15, 0.2) is 59.1 Å². The van der Waals surface area contributed by atoms with Gasteiger partial charge in [0.05, 0.1) is 6.42 Å². The smallest absolute Gasteiger partial charge is 0.414 e. The van der Waals surface area contributed by atoms with Gasteiger partial charge in [-0.2, -0.15) is 0 Å². The fourth-order valence-electron chi connectivity index (χ4n) is 5.02. The number of nitrogens with one attached hydrogen (secondary N) is 1. The lowest BCUT2D eigenvalue weighted by Gasteiger charge is -2.14. The highest BCUT2D eigenvalue weighted by Gasteiger charge is 2.35. The van der Waals surface area contributed by atoms with Crippen LogP contribution < -0.4 is 5.32 Å². The zero-order chi connectivity index (χ0) is 24.5. The number of ether oxygens (including phenoxy) is 1. The van der Waals surface area contributed by atoms with Crippen LogP contribution in [0.5, 0.6) is 0 Å². The van der Waals surface area contributed by atoms with Gasteiger partial charge < -0.3 is 19.3 Å². The van der Waals surface area contributed by atoms with Crippen LogP contribution in [0.25, 0.3) is 11.1 Å². The Kier molecular flexibility index (Phi) is 5.98. The van der Waals surface area contributed by atoms with E-state index in [1.165, 1.54) is 6.07 Å². The molecule has 1 aliphatic heterocycles. The Morgan fingerprint density at radius 3 is 2.40 bits per heavy atom. The third-order valence-corrected chi connectivity index (χ3v) is 6.79. The lowest BCUT2D eigenvalue weighted by atomic mass is 9.95. The van der Waals surface area contributed by atoms with Gasteiger partial charge in [0.1, 0.15) is 6.61 Å². The molecule has 0 spiro atoms. The Balaban J connectivity index is 1.19. The topological polar surface area (TPSA) is 122 Å². The normalized spacial score (nSPS) is 18.7. The molecular weight excluding hydrogens is 450 g/mol. The van der Waals surface area contributed by atoms with Crippen molar-refractivity contribution in [2.75, 3.05) is 25.0 Å². The van der Waals surface area contributed by atoms with Crippen molar-refractivity contribution in [3.8, 4) is 11.1 Å². The summed E-state index contributed by atoms with van der Waals surface area (Å²) in [7, 11) is 0. The van der Waals surface area contributed by atoms with E-state index in [-0.39, 0.29) is 48.3 Å². The van der Waals surface area contributed by atoms with Crippen molar-refractivity contribution >= 4 is 23.9 Å². The number of amides is 2. The number of carbonyl (C=O) groups excluding carboxylic acids is 2. The number of carboxylic acid groups (broad SMARTS) is 1. The molecule has 0 bridgehead atoms. The molecular formula is C26H25N3O6. The van der Waals surface area contributed by atoms with Gasteiger partial charge in [0.25, 0.3) is 5.91 Å². The molecule has 5 rings (SSSR count). The van der Waals surface area contributed by atoms with Crippen LogP contribution in [-0.2, 0) is 9.53 Å². The number of benzene rings is 2. The van der Waals surface area contributed by atoms with Crippen molar-refractivity contribution in [2.45, 2.75) is 19.3 Å². The number of aliphatic carboxylic acids is 1. The van der Waals surface area contributed by atoms with E-state index in [2.05, 4.69) is 22.6 Å². The highest BCUT2D eigenvalue weighted by Crippen LogP contribution is 2.44. The second kappa shape index (κ2) is 9.25. The first-order valence-corrected chi connectivity index (χ1v) is 11.5. The number of fused-ring (bicyclic) bond motifs is 3. The van der Waals surface area contributed by atoms with Crippen LogP contribution in [-0.4, -0.2) is 52.8 Å². The Morgan fingerprint density at radius 1 is 1.09 bits per heavy atom. The summed E-state index contributed by atoms with van der Waals surface area (Å²) in [4.78, 5) is 37.8. The fraction of sp³-hybridized carbons (Fsp3) is 0.308. The van der Waals surface area contributed by atoms with Crippen molar-refractivity contribution in [3.63, 3.8) is 0 Å². The molecule has 2 atom stereocenters. The highest BCUT2D eigenvalue weighted by molar-refractivity contribution is 5.94. The lowest BCUT2D eigenvalue weighted by Crippen LogP contribution is -2.29. The highest BCUT2D eigenvalue weighted by atomic mass is 16.6. The third kappa shape index (κ3) is 4.49. The molecule has 9 nitrogen and oxygen atoms in total. The van der Waals surface area contributed by atoms with Gasteiger partial charge >= 0.3 is 12.1 Å². The quantitative estimate of drug-likeness (QED) is 0.547. The molecule has 2 N–H and O–H groups in total. The third-order valence-electron chi connectivity index (χ3n) is 6.79. The number of nitrogens with zero attached hydrogens (tertiary/aromatic N) is 2. The summed E-state index contributed by atoms with van der Waals surface area (Å²) in [5.74, 6) is -1.36. The first-order valence-electron chi connectivity index (χ1n) is 11.5. The largest absolute Gasteiger partial charge is 0.481 e. The van der Waals surface area contributed by atoms with Gasteiger partial charge in [0, 0.05) is 25.1 Å². The lowest BCUT2D eigenvalue weighted by molar-refractivity contribution is -0.138. The van der Waals surface area contributed by atoms with E-state index < -0.39 is 12.1 Å². The second-order valence-corrected chi connectivity index (χ2v) is 9.07. The van der Waals surface area contributed by atoms with Crippen molar-refractivity contribution in [1.82, 2.24) is 10.1 Å². The minimum atomic E-state index is -0.882. The second-order valence-electron chi connectivity index (χ2n) is 9.07. The van der Waals surface area contributed by atoms with Gasteiger partial charge in [-0.3, -0.25) is 14.9 Å². The number of rotatable bonds is 6. The van der Waals surface area contributed by atoms with Crippen molar-refractivity contribution in [3.05, 3.63) is 71.4 Å². The summed E-state index contributed by atoms with van der Waals surface area (Å²) in [5.41, 5.74) is 4.53. The summed E-state index contributed by atoms with van der Waals surface area (Å²) in [6, 6.07) is 17.5. The number of aromatic nitrogens is 1. The van der Waals surface area contributed by atoms with E-state index >= 15 is 0 Å². The Bertz CT molecular complexity index is 1240. The average molecular weight is 476 g/mol. The van der Waals surface area contributed by atoms with Gasteiger partial charge in [-0.25, -0.2) is 4.79 Å². The molecule has 1 fully saturated rings. The number of hydrogen-bond donors (Lipinski definition) is 2. The van der Waals surface area contributed by atoms with E-state index in [0.717, 1.165) is 22.3 Å². The molecule has 2 aliphatic rings. The van der Waals surface area contributed by atoms with E-state index in [1.807, 2.05) is 43.3 Å². The average Bonchev–Trinajstić information content (AvgIpc) is 3.53. The standard InChI is InChI=1S/C26H25N3O6/c1-15-12-29(13-16(15)10-24(30)31)25(32)22-11-23(35-28-22)27-26(33)34-14-21-19-8-4-2-6-17(19)18-7-3-5-9-20(18)21/h2-9,11,15-16,21H,10,12-14H2,1H3,(H,27,33)(H,30,31)/t15-,16-/m1/s1. The van der Waals surface area contributed by atoms with E-state index in [9.17, 15) is 14.4 Å². The Labute approximate surface area is 201 Å². The predicted molar refractivity (Wildman–Crippen MR) is 126 cm³/mol. The number of carbonyl (C=O) groups is 3. The molecule has 3 aromatic rings. The molecule has 1 saturated heterocycles. The van der Waals surface area contributed by atoms with Gasteiger partial charge in [-0.05, 0) is 34.1 Å². The van der Waals surface area contributed by atoms with Crippen molar-refractivity contribution in [1.29, 1.82) is 0 Å². The molecule has 0 radical (unpaired) electrons. The summed E-state index contributed by atoms with van der Waals surface area (Å²) in [6.07, 6.45) is -0.698. The van der Waals surface area contributed by atoms with Crippen LogP contribution in [0.2, 0.25) is 0 Å². The van der Waals surface area contributed by atoms with Crippen LogP contribution in [0.1, 0.15) is 40.9 Å². The van der Waals surface area contributed by atoms with Crippen LogP contribution in [0.4, 0.5) is 10.7 Å². The maximum absolute atomic E-state index is 12.8. The molecule has 2 amide bonds. The van der Waals surface area contributed by atoms with Crippen LogP contribution >= 0.6 is 0 Å². The van der Waals surface area contributed by atoms with E-state index in [4.69, 9.17) is 14.4 Å². The van der Waals surface area contributed by atoms with E-state index in [0.29, 0.717) is 13.1 Å². The summed E-state index contributed by atoms with van der Waals surface area (Å²) < 4.78 is 10.6. The number of likely N-dealkylation sites (tertiary alicyclic amines) is 1. The first-order chi connectivity index (χ1) is 16.9. The SMILES string of the molecule is C[C@@H]1CN(C(=O)c2cc(NC(=O)OCC3c4ccccc4-c4ccccc43)on2)C[C@H]1CC(=O)O. The Morgan fingerprint density at radius 2 is 1.74 bits per heavy atom. The summed E-state index contributed by atoms with van der Waals surface area (Å²) in [6.45, 7) is 2.86. The maximum Gasteiger partial charge on any atom is 0.414 e.